The lowest BCUT2D eigenvalue weighted by Crippen LogP contribution is -2.13. The van der Waals surface area contributed by atoms with Gasteiger partial charge in [-0.2, -0.15) is 0 Å². The number of hydrogen-bond donors (Lipinski definition) is 1. The second-order valence-corrected chi connectivity index (χ2v) is 7.98. The predicted octanol–water partition coefficient (Wildman–Crippen LogP) is 7.38. The van der Waals surface area contributed by atoms with Crippen LogP contribution < -0.4 is 14.8 Å². The second kappa shape index (κ2) is 9.94. The zero-order valence-electron chi connectivity index (χ0n) is 17.4. The van der Waals surface area contributed by atoms with E-state index in [1.54, 1.807) is 36.4 Å². The van der Waals surface area contributed by atoms with Crippen molar-refractivity contribution < 1.29 is 14.3 Å². The Kier molecular flexibility index (Phi) is 6.84. The minimum absolute atomic E-state index is 0.260. The Hall–Kier alpha value is -3.21. The molecule has 0 atom stereocenters. The van der Waals surface area contributed by atoms with Gasteiger partial charge in [-0.05, 0) is 66.2 Å². The summed E-state index contributed by atoms with van der Waals surface area (Å²) in [5, 5.41) is 5.94. The maximum atomic E-state index is 12.8. The summed E-state index contributed by atoms with van der Waals surface area (Å²) in [6, 6.07) is 24.2. The topological polar surface area (TPSA) is 47.6 Å². The van der Waals surface area contributed by atoms with E-state index in [9.17, 15) is 4.79 Å². The molecule has 0 saturated carbocycles. The summed E-state index contributed by atoms with van der Waals surface area (Å²) in [4.78, 5) is 12.8. The van der Waals surface area contributed by atoms with Crippen LogP contribution in [0.15, 0.2) is 78.9 Å². The SMILES string of the molecule is CCOc1ccc(C(=O)Nc2ccc(Cl)cc2Cl)cc1COc1ccc2ccccc2c1. The zero-order chi connectivity index (χ0) is 22.5. The van der Waals surface area contributed by atoms with Gasteiger partial charge in [0, 0.05) is 16.1 Å². The fraction of sp³-hybridized carbons (Fsp3) is 0.115. The van der Waals surface area contributed by atoms with Gasteiger partial charge in [-0.15, -0.1) is 0 Å². The van der Waals surface area contributed by atoms with Gasteiger partial charge in [-0.3, -0.25) is 4.79 Å². The lowest BCUT2D eigenvalue weighted by atomic mass is 10.1. The van der Waals surface area contributed by atoms with Gasteiger partial charge in [0.25, 0.3) is 5.91 Å². The van der Waals surface area contributed by atoms with Crippen LogP contribution in [0, 0.1) is 0 Å². The molecule has 0 aliphatic heterocycles. The molecule has 1 amide bonds. The van der Waals surface area contributed by atoms with Crippen molar-refractivity contribution in [3.8, 4) is 11.5 Å². The van der Waals surface area contributed by atoms with Crippen LogP contribution in [-0.4, -0.2) is 12.5 Å². The molecular formula is C26H21Cl2NO3. The molecule has 4 rings (SSSR count). The second-order valence-electron chi connectivity index (χ2n) is 7.13. The molecule has 4 aromatic rings. The number of rotatable bonds is 7. The molecule has 0 saturated heterocycles. The van der Waals surface area contributed by atoms with Gasteiger partial charge >= 0.3 is 0 Å². The number of amides is 1. The predicted molar refractivity (Wildman–Crippen MR) is 130 cm³/mol. The fourth-order valence-corrected chi connectivity index (χ4v) is 3.79. The average Bonchev–Trinajstić information content (AvgIpc) is 2.80. The van der Waals surface area contributed by atoms with Crippen molar-refractivity contribution in [1.82, 2.24) is 0 Å². The van der Waals surface area contributed by atoms with Gasteiger partial charge in [0.1, 0.15) is 18.1 Å². The van der Waals surface area contributed by atoms with Crippen LogP contribution >= 0.6 is 23.2 Å². The number of benzene rings is 4. The fourth-order valence-electron chi connectivity index (χ4n) is 3.33. The van der Waals surface area contributed by atoms with Gasteiger partial charge in [0.15, 0.2) is 0 Å². The number of hydrogen-bond acceptors (Lipinski definition) is 3. The summed E-state index contributed by atoms with van der Waals surface area (Å²) >= 11 is 12.1. The summed E-state index contributed by atoms with van der Waals surface area (Å²) in [5.74, 6) is 1.13. The van der Waals surface area contributed by atoms with Crippen LogP contribution in [0.3, 0.4) is 0 Å². The van der Waals surface area contributed by atoms with Crippen LogP contribution in [-0.2, 0) is 6.61 Å². The Morgan fingerprint density at radius 3 is 2.47 bits per heavy atom. The quantitative estimate of drug-likeness (QED) is 0.309. The van der Waals surface area contributed by atoms with Crippen molar-refractivity contribution in [1.29, 1.82) is 0 Å². The highest BCUT2D eigenvalue weighted by atomic mass is 35.5. The third-order valence-corrected chi connectivity index (χ3v) is 5.46. The first-order valence-corrected chi connectivity index (χ1v) is 10.9. The highest BCUT2D eigenvalue weighted by Crippen LogP contribution is 2.28. The van der Waals surface area contributed by atoms with Crippen LogP contribution in [0.25, 0.3) is 10.8 Å². The lowest BCUT2D eigenvalue weighted by Gasteiger charge is -2.14. The molecule has 1 N–H and O–H groups in total. The molecule has 4 aromatic carbocycles. The monoisotopic (exact) mass is 465 g/mol. The lowest BCUT2D eigenvalue weighted by molar-refractivity contribution is 0.102. The molecule has 0 radical (unpaired) electrons. The Labute approximate surface area is 196 Å². The molecule has 0 fully saturated rings. The highest BCUT2D eigenvalue weighted by Gasteiger charge is 2.13. The maximum absolute atomic E-state index is 12.8. The van der Waals surface area contributed by atoms with Gasteiger partial charge < -0.3 is 14.8 Å². The van der Waals surface area contributed by atoms with Gasteiger partial charge in [0.2, 0.25) is 0 Å². The summed E-state index contributed by atoms with van der Waals surface area (Å²) in [5.41, 5.74) is 1.73. The normalized spacial score (nSPS) is 10.7. The summed E-state index contributed by atoms with van der Waals surface area (Å²) in [6.07, 6.45) is 0. The number of halogens is 2. The first-order chi connectivity index (χ1) is 15.5. The summed E-state index contributed by atoms with van der Waals surface area (Å²) in [6.45, 7) is 2.68. The Morgan fingerprint density at radius 1 is 0.875 bits per heavy atom. The Bertz CT molecular complexity index is 1270. The molecule has 0 aliphatic rings. The van der Waals surface area contributed by atoms with Crippen molar-refractivity contribution in [2.75, 3.05) is 11.9 Å². The molecule has 0 heterocycles. The molecule has 32 heavy (non-hydrogen) atoms. The Balaban J connectivity index is 1.54. The van der Waals surface area contributed by atoms with Crippen molar-refractivity contribution in [3.63, 3.8) is 0 Å². The molecule has 0 aromatic heterocycles. The standard InChI is InChI=1S/C26H21Cl2NO3/c1-2-31-25-12-8-19(26(30)29-24-11-9-21(27)15-23(24)28)13-20(25)16-32-22-10-7-17-5-3-4-6-18(17)14-22/h3-15H,2,16H2,1H3,(H,29,30). The largest absolute Gasteiger partial charge is 0.493 e. The number of fused-ring (bicyclic) bond motifs is 1. The minimum Gasteiger partial charge on any atom is -0.493 e. The van der Waals surface area contributed by atoms with Crippen LogP contribution in [0.2, 0.25) is 10.0 Å². The number of ether oxygens (including phenoxy) is 2. The van der Waals surface area contributed by atoms with E-state index in [-0.39, 0.29) is 12.5 Å². The van der Waals surface area contributed by atoms with E-state index in [0.717, 1.165) is 22.1 Å². The Morgan fingerprint density at radius 2 is 1.69 bits per heavy atom. The average molecular weight is 466 g/mol. The smallest absolute Gasteiger partial charge is 0.255 e. The molecule has 0 unspecified atom stereocenters. The highest BCUT2D eigenvalue weighted by molar-refractivity contribution is 6.36. The number of carbonyl (C=O) groups is 1. The van der Waals surface area contributed by atoms with Crippen molar-refractivity contribution in [2.24, 2.45) is 0 Å². The van der Waals surface area contributed by atoms with Crippen molar-refractivity contribution >= 4 is 45.6 Å². The zero-order valence-corrected chi connectivity index (χ0v) is 18.9. The maximum Gasteiger partial charge on any atom is 0.255 e. The molecule has 0 spiro atoms. The number of nitrogens with one attached hydrogen (secondary N) is 1. The molecule has 162 valence electrons. The van der Waals surface area contributed by atoms with Gasteiger partial charge in [-0.25, -0.2) is 0 Å². The molecular weight excluding hydrogens is 445 g/mol. The van der Waals surface area contributed by atoms with Crippen molar-refractivity contribution in [3.05, 3.63) is 100 Å². The molecule has 0 aliphatic carbocycles. The van der Waals surface area contributed by atoms with E-state index >= 15 is 0 Å². The van der Waals surface area contributed by atoms with E-state index in [1.807, 2.05) is 43.3 Å². The van der Waals surface area contributed by atoms with Crippen LogP contribution in [0.1, 0.15) is 22.8 Å². The first-order valence-electron chi connectivity index (χ1n) is 10.2. The van der Waals surface area contributed by atoms with E-state index in [4.69, 9.17) is 32.7 Å². The van der Waals surface area contributed by atoms with Crippen LogP contribution in [0.5, 0.6) is 11.5 Å². The van der Waals surface area contributed by atoms with Crippen LogP contribution in [0.4, 0.5) is 5.69 Å². The van der Waals surface area contributed by atoms with Crippen molar-refractivity contribution in [2.45, 2.75) is 13.5 Å². The van der Waals surface area contributed by atoms with E-state index in [1.165, 1.54) is 0 Å². The number of anilines is 1. The van der Waals surface area contributed by atoms with E-state index in [0.29, 0.717) is 33.7 Å². The number of carbonyl (C=O) groups excluding carboxylic acids is 1. The molecule has 6 heteroatoms. The summed E-state index contributed by atoms with van der Waals surface area (Å²) in [7, 11) is 0. The van der Waals surface area contributed by atoms with E-state index in [2.05, 4.69) is 11.4 Å². The molecule has 0 bridgehead atoms. The first kappa shape index (κ1) is 22.0. The third-order valence-electron chi connectivity index (χ3n) is 4.92. The van der Waals surface area contributed by atoms with Gasteiger partial charge in [-0.1, -0.05) is 53.5 Å². The molecule has 4 nitrogen and oxygen atoms in total. The van der Waals surface area contributed by atoms with Gasteiger partial charge in [0.05, 0.1) is 17.3 Å². The van der Waals surface area contributed by atoms with E-state index < -0.39 is 0 Å². The third kappa shape index (κ3) is 5.16. The summed E-state index contributed by atoms with van der Waals surface area (Å²) < 4.78 is 11.8. The minimum atomic E-state index is -0.288.